The highest BCUT2D eigenvalue weighted by Crippen LogP contribution is 2.18. The molecule has 0 heterocycles. The van der Waals surface area contributed by atoms with Gasteiger partial charge in [0.25, 0.3) is 0 Å². The second-order valence-electron chi connectivity index (χ2n) is 6.61. The minimum absolute atomic E-state index is 0.159. The van der Waals surface area contributed by atoms with Crippen molar-refractivity contribution in [3.8, 4) is 0 Å². The highest BCUT2D eigenvalue weighted by molar-refractivity contribution is 5.95. The molecule has 0 aliphatic heterocycles. The second kappa shape index (κ2) is 9.69. The molecular formula is C22H26N2O4. The van der Waals surface area contributed by atoms with Crippen molar-refractivity contribution >= 4 is 29.2 Å². The van der Waals surface area contributed by atoms with Crippen LogP contribution in [0.15, 0.2) is 42.5 Å². The van der Waals surface area contributed by atoms with Gasteiger partial charge in [-0.2, -0.15) is 0 Å². The summed E-state index contributed by atoms with van der Waals surface area (Å²) in [6, 6.07) is 12.4. The maximum atomic E-state index is 12.3. The number of aryl methyl sites for hydroxylation is 2. The van der Waals surface area contributed by atoms with Crippen LogP contribution < -0.4 is 10.2 Å². The number of carbonyl (C=O) groups excluding carboxylic acids is 3. The molecular weight excluding hydrogens is 356 g/mol. The Labute approximate surface area is 165 Å². The van der Waals surface area contributed by atoms with Crippen LogP contribution in [0.2, 0.25) is 0 Å². The summed E-state index contributed by atoms with van der Waals surface area (Å²) in [6.45, 7) is 7.68. The maximum Gasteiger partial charge on any atom is 0.338 e. The molecule has 148 valence electrons. The second-order valence-corrected chi connectivity index (χ2v) is 6.61. The summed E-state index contributed by atoms with van der Waals surface area (Å²) in [7, 11) is 0. The summed E-state index contributed by atoms with van der Waals surface area (Å²) < 4.78 is 4.96. The van der Waals surface area contributed by atoms with Gasteiger partial charge in [-0.25, -0.2) is 4.79 Å². The van der Waals surface area contributed by atoms with E-state index in [9.17, 15) is 14.4 Å². The third-order valence-electron chi connectivity index (χ3n) is 4.14. The molecule has 2 amide bonds. The lowest BCUT2D eigenvalue weighted by atomic mass is 10.1. The zero-order valence-electron chi connectivity index (χ0n) is 16.7. The normalized spacial score (nSPS) is 10.3. The number of rotatable bonds is 7. The molecule has 6 heteroatoms. The molecule has 0 unspecified atom stereocenters. The summed E-state index contributed by atoms with van der Waals surface area (Å²) in [5.41, 5.74) is 3.93. The highest BCUT2D eigenvalue weighted by Gasteiger charge is 2.15. The number of hydrogen-bond acceptors (Lipinski definition) is 4. The van der Waals surface area contributed by atoms with E-state index in [1.165, 1.54) is 11.8 Å². The first kappa shape index (κ1) is 21.2. The Hall–Kier alpha value is -3.15. The van der Waals surface area contributed by atoms with Crippen LogP contribution in [0.3, 0.4) is 0 Å². The number of ether oxygens (including phenoxy) is 1. The van der Waals surface area contributed by atoms with Crippen LogP contribution in [-0.2, 0) is 14.3 Å². The number of benzene rings is 2. The van der Waals surface area contributed by atoms with Crippen molar-refractivity contribution in [3.05, 3.63) is 59.2 Å². The summed E-state index contributed by atoms with van der Waals surface area (Å²) in [5, 5.41) is 2.87. The number of nitrogens with one attached hydrogen (secondary N) is 1. The Morgan fingerprint density at radius 2 is 1.61 bits per heavy atom. The molecule has 0 spiro atoms. The Bertz CT molecular complexity index is 839. The van der Waals surface area contributed by atoms with E-state index in [-0.39, 0.29) is 24.8 Å². The van der Waals surface area contributed by atoms with Crippen LogP contribution in [0.25, 0.3) is 0 Å². The predicted octanol–water partition coefficient (Wildman–Crippen LogP) is 3.86. The lowest BCUT2D eigenvalue weighted by Gasteiger charge is -2.21. The van der Waals surface area contributed by atoms with Gasteiger partial charge < -0.3 is 15.0 Å². The third kappa shape index (κ3) is 5.94. The summed E-state index contributed by atoms with van der Waals surface area (Å²) in [6.07, 6.45) is 0.159. The van der Waals surface area contributed by atoms with E-state index in [0.29, 0.717) is 17.9 Å². The largest absolute Gasteiger partial charge is 0.462 e. The molecule has 0 saturated heterocycles. The Morgan fingerprint density at radius 3 is 2.14 bits per heavy atom. The summed E-state index contributed by atoms with van der Waals surface area (Å²) >= 11 is 0. The molecule has 0 fully saturated rings. The van der Waals surface area contributed by atoms with E-state index in [2.05, 4.69) is 5.32 Å². The van der Waals surface area contributed by atoms with Gasteiger partial charge in [-0.15, -0.1) is 0 Å². The van der Waals surface area contributed by atoms with Crippen molar-refractivity contribution in [3.63, 3.8) is 0 Å². The van der Waals surface area contributed by atoms with Gasteiger partial charge in [-0.3, -0.25) is 9.59 Å². The number of nitrogens with zero attached hydrogens (tertiary/aromatic N) is 1. The fourth-order valence-electron chi connectivity index (χ4n) is 2.94. The van der Waals surface area contributed by atoms with Crippen molar-refractivity contribution in [2.45, 2.75) is 34.1 Å². The number of anilines is 2. The third-order valence-corrected chi connectivity index (χ3v) is 4.14. The average molecular weight is 382 g/mol. The molecule has 0 aliphatic rings. The maximum absolute atomic E-state index is 12.3. The van der Waals surface area contributed by atoms with Crippen molar-refractivity contribution in [1.29, 1.82) is 0 Å². The predicted molar refractivity (Wildman–Crippen MR) is 110 cm³/mol. The van der Waals surface area contributed by atoms with Gasteiger partial charge in [0.15, 0.2) is 0 Å². The Morgan fingerprint density at radius 1 is 1.00 bits per heavy atom. The molecule has 2 aromatic carbocycles. The van der Waals surface area contributed by atoms with Gasteiger partial charge in [-0.05, 0) is 68.3 Å². The zero-order valence-corrected chi connectivity index (χ0v) is 16.7. The van der Waals surface area contributed by atoms with E-state index >= 15 is 0 Å². The first-order valence-electron chi connectivity index (χ1n) is 9.23. The highest BCUT2D eigenvalue weighted by atomic mass is 16.5. The first-order chi connectivity index (χ1) is 13.3. The molecule has 0 bridgehead atoms. The van der Waals surface area contributed by atoms with Crippen molar-refractivity contribution in [1.82, 2.24) is 0 Å². The number of esters is 1. The van der Waals surface area contributed by atoms with Gasteiger partial charge in [0.2, 0.25) is 11.8 Å². The molecule has 0 aromatic heterocycles. The van der Waals surface area contributed by atoms with Crippen molar-refractivity contribution < 1.29 is 19.1 Å². The summed E-state index contributed by atoms with van der Waals surface area (Å²) in [5.74, 6) is -0.751. The first-order valence-corrected chi connectivity index (χ1v) is 9.23. The molecule has 0 aliphatic carbocycles. The molecule has 2 rings (SSSR count). The van der Waals surface area contributed by atoms with Crippen molar-refractivity contribution in [2.24, 2.45) is 0 Å². The lowest BCUT2D eigenvalue weighted by molar-refractivity contribution is -0.117. The van der Waals surface area contributed by atoms with Gasteiger partial charge in [-0.1, -0.05) is 6.07 Å². The van der Waals surface area contributed by atoms with Gasteiger partial charge in [0.1, 0.15) is 0 Å². The topological polar surface area (TPSA) is 75.7 Å². The molecule has 2 aromatic rings. The average Bonchev–Trinajstić information content (AvgIpc) is 2.61. The number of hydrogen-bond donors (Lipinski definition) is 1. The Kier molecular flexibility index (Phi) is 7.32. The van der Waals surface area contributed by atoms with Gasteiger partial charge in [0.05, 0.1) is 12.2 Å². The van der Waals surface area contributed by atoms with E-state index in [1.54, 1.807) is 31.2 Å². The van der Waals surface area contributed by atoms with E-state index in [4.69, 9.17) is 4.74 Å². The zero-order chi connectivity index (χ0) is 20.7. The molecule has 28 heavy (non-hydrogen) atoms. The molecule has 0 radical (unpaired) electrons. The van der Waals surface area contributed by atoms with Crippen LogP contribution in [0.5, 0.6) is 0 Å². The fourth-order valence-corrected chi connectivity index (χ4v) is 2.94. The molecule has 0 atom stereocenters. The van der Waals surface area contributed by atoms with E-state index in [0.717, 1.165) is 16.8 Å². The van der Waals surface area contributed by atoms with E-state index in [1.807, 2.05) is 32.0 Å². The Balaban J connectivity index is 2.01. The lowest BCUT2D eigenvalue weighted by Crippen LogP contribution is -2.32. The smallest absolute Gasteiger partial charge is 0.338 e. The minimum Gasteiger partial charge on any atom is -0.462 e. The van der Waals surface area contributed by atoms with Crippen LogP contribution in [0.4, 0.5) is 11.4 Å². The molecule has 1 N–H and O–H groups in total. The number of carbonyl (C=O) groups is 3. The van der Waals surface area contributed by atoms with E-state index < -0.39 is 5.97 Å². The quantitative estimate of drug-likeness (QED) is 0.738. The standard InChI is InChI=1S/C22H26N2O4/c1-5-28-22(27)18-6-8-20(9-7-18)24(17(4)25)11-10-21(26)23-19-13-15(2)12-16(3)14-19/h6-9,12-14H,5,10-11H2,1-4H3,(H,23,26). The van der Waals surface area contributed by atoms with Crippen LogP contribution in [-0.4, -0.2) is 30.9 Å². The van der Waals surface area contributed by atoms with Crippen LogP contribution in [0, 0.1) is 13.8 Å². The van der Waals surface area contributed by atoms with Crippen LogP contribution in [0.1, 0.15) is 41.8 Å². The minimum atomic E-state index is -0.406. The number of amides is 2. The van der Waals surface area contributed by atoms with Crippen LogP contribution >= 0.6 is 0 Å². The summed E-state index contributed by atoms with van der Waals surface area (Å²) in [4.78, 5) is 37.6. The SMILES string of the molecule is CCOC(=O)c1ccc(N(CCC(=O)Nc2cc(C)cc(C)c2)C(C)=O)cc1. The van der Waals surface area contributed by atoms with Crippen molar-refractivity contribution in [2.75, 3.05) is 23.4 Å². The van der Waals surface area contributed by atoms with Gasteiger partial charge >= 0.3 is 5.97 Å². The monoisotopic (exact) mass is 382 g/mol. The van der Waals surface area contributed by atoms with Gasteiger partial charge in [0, 0.05) is 31.3 Å². The molecule has 6 nitrogen and oxygen atoms in total. The molecule has 0 saturated carbocycles. The fraction of sp³-hybridized carbons (Fsp3) is 0.318.